The van der Waals surface area contributed by atoms with Crippen molar-refractivity contribution in [3.05, 3.63) is 0 Å². The minimum absolute atomic E-state index is 0.459. The van der Waals surface area contributed by atoms with Crippen molar-refractivity contribution in [2.45, 2.75) is 55.9 Å². The Balaban J connectivity index is 1.79. The fourth-order valence-corrected chi connectivity index (χ4v) is 2.87. The van der Waals surface area contributed by atoms with E-state index in [1.54, 1.807) is 0 Å². The van der Waals surface area contributed by atoms with Crippen LogP contribution in [0.1, 0.15) is 38.5 Å². The zero-order valence-electron chi connectivity index (χ0n) is 9.91. The average molecular weight is 242 g/mol. The zero-order valence-corrected chi connectivity index (χ0v) is 10.7. The molecular formula is C11H22N4S. The summed E-state index contributed by atoms with van der Waals surface area (Å²) in [5, 5.41) is 4.17. The summed E-state index contributed by atoms with van der Waals surface area (Å²) in [6.45, 7) is 0. The molecule has 5 heteroatoms. The molecule has 2 fully saturated rings. The van der Waals surface area contributed by atoms with E-state index in [9.17, 15) is 0 Å². The molecular weight excluding hydrogens is 220 g/mol. The second-order valence-electron chi connectivity index (χ2n) is 4.71. The highest BCUT2D eigenvalue weighted by Gasteiger charge is 2.24. The minimum Gasteiger partial charge on any atom is -0.353 e. The van der Waals surface area contributed by atoms with E-state index in [1.807, 2.05) is 11.8 Å². The van der Waals surface area contributed by atoms with Gasteiger partial charge >= 0.3 is 0 Å². The predicted molar refractivity (Wildman–Crippen MR) is 70.5 cm³/mol. The Bertz CT molecular complexity index is 244. The summed E-state index contributed by atoms with van der Waals surface area (Å²) >= 11 is 1.99. The number of guanidine groups is 1. The van der Waals surface area contributed by atoms with E-state index in [0.717, 1.165) is 11.2 Å². The highest BCUT2D eigenvalue weighted by Crippen LogP contribution is 2.28. The third kappa shape index (κ3) is 3.56. The van der Waals surface area contributed by atoms with E-state index in [0.29, 0.717) is 12.1 Å². The molecule has 0 spiro atoms. The lowest BCUT2D eigenvalue weighted by atomic mass is 9.95. The van der Waals surface area contributed by atoms with E-state index in [4.69, 9.17) is 5.84 Å². The number of thioether (sulfide) groups is 1. The standard InChI is InChI=1S/C11H22N4S/c1-16-10-6-4-9(5-7-10)14-11(15-12)13-8-2-3-8/h8-10H,2-7,12H2,1H3,(H2,13,14,15). The second-order valence-corrected chi connectivity index (χ2v) is 5.84. The van der Waals surface area contributed by atoms with E-state index in [1.165, 1.54) is 38.5 Å². The normalized spacial score (nSPS) is 31.2. The highest BCUT2D eigenvalue weighted by atomic mass is 32.2. The number of hydrazine groups is 1. The van der Waals surface area contributed by atoms with Crippen LogP contribution < -0.4 is 16.6 Å². The Morgan fingerprint density at radius 2 is 1.88 bits per heavy atom. The lowest BCUT2D eigenvalue weighted by Crippen LogP contribution is -2.43. The monoisotopic (exact) mass is 242 g/mol. The summed E-state index contributed by atoms with van der Waals surface area (Å²) in [6.07, 6.45) is 9.68. The van der Waals surface area contributed by atoms with Crippen LogP contribution in [0.5, 0.6) is 0 Å². The Kier molecular flexibility index (Phi) is 4.35. The van der Waals surface area contributed by atoms with Gasteiger partial charge in [0.25, 0.3) is 0 Å². The molecule has 2 rings (SSSR count). The number of hydrogen-bond donors (Lipinski definition) is 3. The van der Waals surface area contributed by atoms with Crippen molar-refractivity contribution in [2.24, 2.45) is 10.8 Å². The molecule has 0 amide bonds. The molecule has 0 aromatic rings. The van der Waals surface area contributed by atoms with Crippen molar-refractivity contribution in [3.63, 3.8) is 0 Å². The van der Waals surface area contributed by atoms with Gasteiger partial charge in [-0.2, -0.15) is 11.8 Å². The molecule has 92 valence electrons. The summed E-state index contributed by atoms with van der Waals surface area (Å²) in [5.74, 6) is 6.26. The molecule has 0 atom stereocenters. The molecule has 0 aromatic heterocycles. The molecule has 4 N–H and O–H groups in total. The van der Waals surface area contributed by atoms with Gasteiger partial charge in [-0.1, -0.05) is 0 Å². The SMILES string of the molecule is CSC1CCC(N=C(NN)NC2CC2)CC1. The first-order valence-electron chi connectivity index (χ1n) is 6.15. The van der Waals surface area contributed by atoms with Crippen LogP contribution in [0.3, 0.4) is 0 Å². The molecule has 0 heterocycles. The maximum atomic E-state index is 5.47. The molecule has 2 aliphatic carbocycles. The maximum absolute atomic E-state index is 5.47. The first-order valence-corrected chi connectivity index (χ1v) is 7.44. The number of hydrogen-bond acceptors (Lipinski definition) is 3. The number of rotatable bonds is 3. The topological polar surface area (TPSA) is 62.4 Å². The Labute approximate surface area is 102 Å². The van der Waals surface area contributed by atoms with Crippen LogP contribution in [-0.4, -0.2) is 29.5 Å². The van der Waals surface area contributed by atoms with Gasteiger partial charge in [0.1, 0.15) is 0 Å². The quantitative estimate of drug-likeness (QED) is 0.301. The summed E-state index contributed by atoms with van der Waals surface area (Å²) in [7, 11) is 0. The average Bonchev–Trinajstić information content (AvgIpc) is 3.13. The lowest BCUT2D eigenvalue weighted by Gasteiger charge is -2.25. The largest absolute Gasteiger partial charge is 0.353 e. The van der Waals surface area contributed by atoms with Crippen LogP contribution in [0.25, 0.3) is 0 Å². The van der Waals surface area contributed by atoms with Crippen LogP contribution in [0.2, 0.25) is 0 Å². The molecule has 2 saturated carbocycles. The third-order valence-corrected chi connectivity index (χ3v) is 4.48. The molecule has 0 bridgehead atoms. The van der Waals surface area contributed by atoms with Gasteiger partial charge in [-0.15, -0.1) is 0 Å². The summed E-state index contributed by atoms with van der Waals surface area (Å²) < 4.78 is 0. The van der Waals surface area contributed by atoms with E-state index < -0.39 is 0 Å². The van der Waals surface area contributed by atoms with Crippen LogP contribution in [-0.2, 0) is 0 Å². The van der Waals surface area contributed by atoms with Crippen molar-refractivity contribution < 1.29 is 0 Å². The number of nitrogens with two attached hydrogens (primary N) is 1. The van der Waals surface area contributed by atoms with Crippen molar-refractivity contribution in [1.29, 1.82) is 0 Å². The van der Waals surface area contributed by atoms with E-state index >= 15 is 0 Å². The summed E-state index contributed by atoms with van der Waals surface area (Å²) in [5.41, 5.74) is 2.68. The van der Waals surface area contributed by atoms with Crippen LogP contribution in [0, 0.1) is 0 Å². The number of nitrogens with zero attached hydrogens (tertiary/aromatic N) is 1. The molecule has 2 aliphatic rings. The van der Waals surface area contributed by atoms with Gasteiger partial charge in [-0.05, 0) is 44.8 Å². The van der Waals surface area contributed by atoms with Gasteiger partial charge in [-0.3, -0.25) is 5.43 Å². The van der Waals surface area contributed by atoms with E-state index in [2.05, 4.69) is 22.0 Å². The van der Waals surface area contributed by atoms with Crippen molar-refractivity contribution in [3.8, 4) is 0 Å². The molecule has 0 radical (unpaired) electrons. The lowest BCUT2D eigenvalue weighted by molar-refractivity contribution is 0.450. The smallest absolute Gasteiger partial charge is 0.206 e. The fraction of sp³-hybridized carbons (Fsp3) is 0.909. The zero-order chi connectivity index (χ0) is 11.4. The van der Waals surface area contributed by atoms with Crippen molar-refractivity contribution in [1.82, 2.24) is 10.7 Å². The minimum atomic E-state index is 0.459. The summed E-state index contributed by atoms with van der Waals surface area (Å²) in [4.78, 5) is 4.66. The van der Waals surface area contributed by atoms with Crippen LogP contribution in [0.4, 0.5) is 0 Å². The maximum Gasteiger partial charge on any atom is 0.206 e. The van der Waals surface area contributed by atoms with Gasteiger partial charge in [0.15, 0.2) is 0 Å². The van der Waals surface area contributed by atoms with Gasteiger partial charge < -0.3 is 5.32 Å². The Morgan fingerprint density at radius 1 is 1.19 bits per heavy atom. The molecule has 0 saturated heterocycles. The van der Waals surface area contributed by atoms with Crippen molar-refractivity contribution in [2.75, 3.05) is 6.26 Å². The number of nitrogens with one attached hydrogen (secondary N) is 2. The first kappa shape index (κ1) is 12.0. The fourth-order valence-electron chi connectivity index (χ4n) is 2.13. The molecule has 0 aliphatic heterocycles. The first-order chi connectivity index (χ1) is 7.81. The van der Waals surface area contributed by atoms with E-state index in [-0.39, 0.29) is 0 Å². The van der Waals surface area contributed by atoms with Crippen molar-refractivity contribution >= 4 is 17.7 Å². The van der Waals surface area contributed by atoms with Gasteiger partial charge in [0.2, 0.25) is 5.96 Å². The molecule has 16 heavy (non-hydrogen) atoms. The summed E-state index contributed by atoms with van der Waals surface area (Å²) in [6, 6.07) is 1.07. The molecule has 0 unspecified atom stereocenters. The van der Waals surface area contributed by atoms with Crippen LogP contribution in [0.15, 0.2) is 4.99 Å². The molecule has 0 aromatic carbocycles. The predicted octanol–water partition coefficient (Wildman–Crippen LogP) is 1.23. The van der Waals surface area contributed by atoms with Gasteiger partial charge in [0, 0.05) is 11.3 Å². The third-order valence-electron chi connectivity index (χ3n) is 3.34. The van der Waals surface area contributed by atoms with Crippen LogP contribution >= 0.6 is 11.8 Å². The Hall–Kier alpha value is -0.420. The highest BCUT2D eigenvalue weighted by molar-refractivity contribution is 7.99. The van der Waals surface area contributed by atoms with Gasteiger partial charge in [-0.25, -0.2) is 10.8 Å². The van der Waals surface area contributed by atoms with Gasteiger partial charge in [0.05, 0.1) is 6.04 Å². The molecule has 4 nitrogen and oxygen atoms in total. The second kappa shape index (κ2) is 5.77. The number of aliphatic imine (C=N–C) groups is 1. The Morgan fingerprint density at radius 3 is 2.38 bits per heavy atom.